The molecule has 1 aromatic heterocycles. The third-order valence-corrected chi connectivity index (χ3v) is 6.93. The van der Waals surface area contributed by atoms with Crippen LogP contribution in [0.1, 0.15) is 28.8 Å². The Morgan fingerprint density at radius 1 is 1.03 bits per heavy atom. The molecule has 2 heterocycles. The number of carbonyl (C=O) groups is 1. The highest BCUT2D eigenvalue weighted by atomic mass is 16.5. The molecule has 0 atom stereocenters. The van der Waals surface area contributed by atoms with E-state index in [1.165, 1.54) is 0 Å². The lowest BCUT2D eigenvalue weighted by atomic mass is 9.99. The van der Waals surface area contributed by atoms with Crippen LogP contribution < -0.4 is 19.5 Å². The Labute approximate surface area is 229 Å². The maximum atomic E-state index is 13.5. The number of ketones is 1. The van der Waals surface area contributed by atoms with Gasteiger partial charge in [-0.3, -0.25) is 9.78 Å². The van der Waals surface area contributed by atoms with E-state index in [2.05, 4.69) is 15.2 Å². The number of pyridine rings is 1. The minimum absolute atomic E-state index is 0.0684. The molecule has 39 heavy (non-hydrogen) atoms. The van der Waals surface area contributed by atoms with E-state index in [4.69, 9.17) is 14.2 Å². The van der Waals surface area contributed by atoms with Gasteiger partial charge >= 0.3 is 0 Å². The first-order chi connectivity index (χ1) is 19.1. The second kappa shape index (κ2) is 12.7. The Morgan fingerprint density at radius 2 is 1.90 bits per heavy atom. The first kappa shape index (κ1) is 26.7. The van der Waals surface area contributed by atoms with Crippen molar-refractivity contribution in [2.75, 3.05) is 46.4 Å². The van der Waals surface area contributed by atoms with Crippen molar-refractivity contribution in [3.8, 4) is 23.0 Å². The van der Waals surface area contributed by atoms with Crippen LogP contribution >= 0.6 is 0 Å². The molecule has 1 aliphatic carbocycles. The molecule has 7 heteroatoms. The first-order valence-electron chi connectivity index (χ1n) is 13.5. The van der Waals surface area contributed by atoms with E-state index in [1.807, 2.05) is 67.6 Å². The van der Waals surface area contributed by atoms with Gasteiger partial charge in [-0.2, -0.15) is 0 Å². The van der Waals surface area contributed by atoms with Crippen LogP contribution in [0.3, 0.4) is 0 Å². The van der Waals surface area contributed by atoms with E-state index in [0.717, 1.165) is 55.6 Å². The van der Waals surface area contributed by atoms with Crippen LogP contribution in [0, 0.1) is 6.92 Å². The minimum Gasteiger partial charge on any atom is -0.493 e. The Morgan fingerprint density at radius 3 is 2.74 bits per heavy atom. The molecule has 2 aromatic carbocycles. The molecule has 2 aliphatic rings. The largest absolute Gasteiger partial charge is 0.493 e. The van der Waals surface area contributed by atoms with Gasteiger partial charge in [0.25, 0.3) is 0 Å². The molecule has 202 valence electrons. The molecule has 0 unspecified atom stereocenters. The standard InChI is InChI=1S/C32H35N3O4/c1-23-10-11-28(26(20-23)32(36)24-8-5-3-4-6-9-24)39-29-12-13-34-27-22-31(30(37-2)21-25(27)29)38-19-7-16-35-17-14-33-15-18-35/h3-5,8-13,20-22,33H,6-7,14-19H2,1-2H3. The number of aryl methyl sites for hydroxylation is 1. The Kier molecular flexibility index (Phi) is 8.71. The topological polar surface area (TPSA) is 72.9 Å². The van der Waals surface area contributed by atoms with Crippen molar-refractivity contribution in [3.05, 3.63) is 89.7 Å². The number of fused-ring (bicyclic) bond motifs is 1. The van der Waals surface area contributed by atoms with Crippen LogP contribution in [0.25, 0.3) is 10.9 Å². The Balaban J connectivity index is 1.37. The molecule has 0 bridgehead atoms. The number of rotatable bonds is 10. The van der Waals surface area contributed by atoms with Crippen LogP contribution in [0.5, 0.6) is 23.0 Å². The molecule has 0 amide bonds. The average Bonchev–Trinajstić information content (AvgIpc) is 3.26. The SMILES string of the molecule is COc1cc2c(Oc3ccc(C)cc3C(=O)C3=CCC=CC=C3)ccnc2cc1OCCCN1CCNCC1. The van der Waals surface area contributed by atoms with Crippen molar-refractivity contribution in [2.24, 2.45) is 0 Å². The Hall–Kier alpha value is -3.94. The van der Waals surface area contributed by atoms with Gasteiger partial charge in [0.1, 0.15) is 11.5 Å². The van der Waals surface area contributed by atoms with Gasteiger partial charge in [-0.1, -0.05) is 42.0 Å². The number of methoxy groups -OCH3 is 1. The highest BCUT2D eigenvalue weighted by Crippen LogP contribution is 2.38. The van der Waals surface area contributed by atoms with Crippen LogP contribution in [0.15, 0.2) is 78.5 Å². The third kappa shape index (κ3) is 6.56. The summed E-state index contributed by atoms with van der Waals surface area (Å²) in [6.07, 6.45) is 13.0. The number of nitrogens with one attached hydrogen (secondary N) is 1. The van der Waals surface area contributed by atoms with Crippen molar-refractivity contribution in [2.45, 2.75) is 19.8 Å². The molecule has 5 rings (SSSR count). The zero-order valence-electron chi connectivity index (χ0n) is 22.6. The van der Waals surface area contributed by atoms with Crippen LogP contribution in [-0.2, 0) is 0 Å². The normalized spacial score (nSPS) is 15.6. The molecule has 0 spiro atoms. The van der Waals surface area contributed by atoms with Crippen molar-refractivity contribution in [1.82, 2.24) is 15.2 Å². The van der Waals surface area contributed by atoms with Crippen LogP contribution in [0.4, 0.5) is 0 Å². The molecule has 0 radical (unpaired) electrons. The zero-order valence-corrected chi connectivity index (χ0v) is 22.6. The lowest BCUT2D eigenvalue weighted by molar-refractivity contribution is 0.103. The monoisotopic (exact) mass is 525 g/mol. The molecule has 7 nitrogen and oxygen atoms in total. The number of hydrogen-bond donors (Lipinski definition) is 1. The van der Waals surface area contributed by atoms with Crippen LogP contribution in [-0.4, -0.2) is 62.1 Å². The number of Topliss-reactive ketones (excluding diaryl/α,β-unsaturated/α-hetero) is 1. The van der Waals surface area contributed by atoms with Gasteiger partial charge in [-0.25, -0.2) is 0 Å². The van der Waals surface area contributed by atoms with Crippen LogP contribution in [0.2, 0.25) is 0 Å². The lowest BCUT2D eigenvalue weighted by Gasteiger charge is -2.27. The number of piperazine rings is 1. The van der Waals surface area contributed by atoms with E-state index in [0.29, 0.717) is 47.2 Å². The predicted octanol–water partition coefficient (Wildman–Crippen LogP) is 5.64. The van der Waals surface area contributed by atoms with Crippen molar-refractivity contribution in [3.63, 3.8) is 0 Å². The highest BCUT2D eigenvalue weighted by molar-refractivity contribution is 6.12. The summed E-state index contributed by atoms with van der Waals surface area (Å²) in [4.78, 5) is 20.5. The quantitative estimate of drug-likeness (QED) is 0.271. The summed E-state index contributed by atoms with van der Waals surface area (Å²) in [5, 5.41) is 4.16. The molecule has 1 saturated heterocycles. The van der Waals surface area contributed by atoms with Crippen molar-refractivity contribution >= 4 is 16.7 Å². The number of nitrogens with zero attached hydrogens (tertiary/aromatic N) is 2. The summed E-state index contributed by atoms with van der Waals surface area (Å²) in [6.45, 7) is 7.81. The molecule has 1 aliphatic heterocycles. The fourth-order valence-corrected chi connectivity index (χ4v) is 4.83. The van der Waals surface area contributed by atoms with Gasteiger partial charge in [-0.05, 0) is 44.0 Å². The third-order valence-electron chi connectivity index (χ3n) is 6.93. The maximum Gasteiger partial charge on any atom is 0.196 e. The predicted molar refractivity (Wildman–Crippen MR) is 154 cm³/mol. The number of benzene rings is 2. The minimum atomic E-state index is -0.0684. The average molecular weight is 526 g/mol. The number of aromatic nitrogens is 1. The second-order valence-electron chi connectivity index (χ2n) is 9.74. The second-order valence-corrected chi connectivity index (χ2v) is 9.74. The summed E-state index contributed by atoms with van der Waals surface area (Å²) < 4.78 is 18.2. The smallest absolute Gasteiger partial charge is 0.196 e. The van der Waals surface area contributed by atoms with Gasteiger partial charge in [-0.15, -0.1) is 0 Å². The fraction of sp³-hybridized carbons (Fsp3) is 0.312. The van der Waals surface area contributed by atoms with E-state index >= 15 is 0 Å². The molecule has 1 N–H and O–H groups in total. The van der Waals surface area contributed by atoms with Gasteiger partial charge in [0.15, 0.2) is 17.3 Å². The lowest BCUT2D eigenvalue weighted by Crippen LogP contribution is -2.43. The first-order valence-corrected chi connectivity index (χ1v) is 13.5. The van der Waals surface area contributed by atoms with Gasteiger partial charge in [0.05, 0.1) is 24.8 Å². The van der Waals surface area contributed by atoms with Crippen molar-refractivity contribution in [1.29, 1.82) is 0 Å². The molecular formula is C32H35N3O4. The number of ether oxygens (including phenoxy) is 3. The van der Waals surface area contributed by atoms with E-state index in [1.54, 1.807) is 19.4 Å². The highest BCUT2D eigenvalue weighted by Gasteiger charge is 2.19. The molecular weight excluding hydrogens is 490 g/mol. The van der Waals surface area contributed by atoms with Gasteiger partial charge in [0, 0.05) is 55.9 Å². The number of hydrogen-bond acceptors (Lipinski definition) is 7. The summed E-state index contributed by atoms with van der Waals surface area (Å²) in [6, 6.07) is 11.3. The van der Waals surface area contributed by atoms with Gasteiger partial charge in [0.2, 0.25) is 0 Å². The number of carbonyl (C=O) groups excluding carboxylic acids is 1. The van der Waals surface area contributed by atoms with E-state index in [9.17, 15) is 4.79 Å². The van der Waals surface area contributed by atoms with Gasteiger partial charge < -0.3 is 24.4 Å². The number of allylic oxidation sites excluding steroid dienone is 6. The molecule has 1 fully saturated rings. The fourth-order valence-electron chi connectivity index (χ4n) is 4.83. The summed E-state index contributed by atoms with van der Waals surface area (Å²) in [5.74, 6) is 2.29. The van der Waals surface area contributed by atoms with Crippen molar-refractivity contribution < 1.29 is 19.0 Å². The summed E-state index contributed by atoms with van der Waals surface area (Å²) in [7, 11) is 1.63. The molecule has 3 aromatic rings. The summed E-state index contributed by atoms with van der Waals surface area (Å²) >= 11 is 0. The zero-order chi connectivity index (χ0) is 27.0. The molecule has 0 saturated carbocycles. The van der Waals surface area contributed by atoms with E-state index < -0.39 is 0 Å². The maximum absolute atomic E-state index is 13.5. The summed E-state index contributed by atoms with van der Waals surface area (Å²) in [5.41, 5.74) is 2.89. The van der Waals surface area contributed by atoms with E-state index in [-0.39, 0.29) is 5.78 Å². The Bertz CT molecular complexity index is 1420.